The van der Waals surface area contributed by atoms with Gasteiger partial charge in [0, 0.05) is 25.0 Å². The van der Waals surface area contributed by atoms with Crippen LogP contribution in [-0.2, 0) is 25.6 Å². The molecule has 0 bridgehead atoms. The molecule has 0 fully saturated rings. The topological polar surface area (TPSA) is 161 Å². The molecule has 47 heavy (non-hydrogen) atoms. The van der Waals surface area contributed by atoms with Gasteiger partial charge in [0.1, 0.15) is 11.8 Å². The van der Waals surface area contributed by atoms with Gasteiger partial charge in [-0.3, -0.25) is 14.4 Å². The summed E-state index contributed by atoms with van der Waals surface area (Å²) in [5.74, 6) is -1.94. The van der Waals surface area contributed by atoms with Gasteiger partial charge in [-0.25, -0.2) is 10.0 Å². The summed E-state index contributed by atoms with van der Waals surface area (Å²) < 4.78 is 5.38. The fourth-order valence-electron chi connectivity index (χ4n) is 5.13. The predicted molar refractivity (Wildman–Crippen MR) is 181 cm³/mol. The van der Waals surface area contributed by atoms with Crippen molar-refractivity contribution < 1.29 is 34.3 Å². The first-order valence-corrected chi connectivity index (χ1v) is 17.2. The second kappa shape index (κ2) is 24.4. The molecule has 0 heterocycles. The van der Waals surface area contributed by atoms with Crippen LogP contribution in [0.1, 0.15) is 109 Å². The lowest BCUT2D eigenvalue weighted by atomic mass is 10.0. The number of benzene rings is 2. The van der Waals surface area contributed by atoms with Crippen molar-refractivity contribution in [1.29, 1.82) is 0 Å². The third-order valence-corrected chi connectivity index (χ3v) is 7.87. The molecule has 5 N–H and O–H groups in total. The van der Waals surface area contributed by atoms with Crippen molar-refractivity contribution in [2.24, 2.45) is 0 Å². The summed E-state index contributed by atoms with van der Waals surface area (Å²) in [7, 11) is 0. The van der Waals surface area contributed by atoms with E-state index >= 15 is 0 Å². The molecular formula is C36H54N4O7. The number of hydrogen-bond donors (Lipinski definition) is 5. The number of esters is 1. The van der Waals surface area contributed by atoms with E-state index in [-0.39, 0.29) is 36.9 Å². The second-order valence-electron chi connectivity index (χ2n) is 12.0. The van der Waals surface area contributed by atoms with Crippen molar-refractivity contribution in [3.8, 4) is 5.75 Å². The Bertz CT molecular complexity index is 1180. The highest BCUT2D eigenvalue weighted by Gasteiger charge is 2.24. The molecule has 2 aromatic carbocycles. The van der Waals surface area contributed by atoms with E-state index in [2.05, 4.69) is 22.9 Å². The van der Waals surface area contributed by atoms with Gasteiger partial charge in [0.05, 0.1) is 13.1 Å². The zero-order chi connectivity index (χ0) is 34.1. The standard InChI is InChI=1S/C36H54N4O7/c1-2-3-4-5-6-7-8-9-10-11-12-13-14-18-21-33(41)37-27-34(42)38-28-35(43)39-32(26-29-19-16-15-17-20-29)36(44)47-31-24-22-30(23-25-31)40(45)46/h15-17,19-20,22-25,32,40,45H,2-14,18,21,26-28H2,1H3,(H,37,41)(H,38,42)(H,39,43). The van der Waals surface area contributed by atoms with Crippen molar-refractivity contribution in [1.82, 2.24) is 16.0 Å². The second-order valence-corrected chi connectivity index (χ2v) is 12.0. The molecule has 260 valence electrons. The van der Waals surface area contributed by atoms with Gasteiger partial charge in [0.2, 0.25) is 17.7 Å². The Kier molecular flexibility index (Phi) is 20.4. The van der Waals surface area contributed by atoms with E-state index in [0.717, 1.165) is 24.8 Å². The molecule has 0 aliphatic heterocycles. The summed E-state index contributed by atoms with van der Waals surface area (Å²) in [6, 6.07) is 13.3. The quantitative estimate of drug-likeness (QED) is 0.0444. The number of quaternary nitrogens is 1. The van der Waals surface area contributed by atoms with Crippen LogP contribution >= 0.6 is 0 Å². The minimum absolute atomic E-state index is 0.0423. The van der Waals surface area contributed by atoms with Gasteiger partial charge >= 0.3 is 5.97 Å². The molecule has 0 saturated carbocycles. The Balaban J connectivity index is 1.61. The minimum atomic E-state index is -1.11. The number of unbranched alkanes of at least 4 members (excludes halogenated alkanes) is 13. The Morgan fingerprint density at radius 3 is 1.77 bits per heavy atom. The Morgan fingerprint density at radius 1 is 0.702 bits per heavy atom. The summed E-state index contributed by atoms with van der Waals surface area (Å²) in [6.07, 6.45) is 17.8. The van der Waals surface area contributed by atoms with E-state index in [9.17, 15) is 24.4 Å². The molecule has 0 aromatic heterocycles. The van der Waals surface area contributed by atoms with Crippen LogP contribution in [0.3, 0.4) is 0 Å². The first-order chi connectivity index (χ1) is 22.8. The van der Waals surface area contributed by atoms with Crippen LogP contribution < -0.4 is 25.9 Å². The zero-order valence-electron chi connectivity index (χ0n) is 27.9. The third kappa shape index (κ3) is 18.8. The fourth-order valence-corrected chi connectivity index (χ4v) is 5.13. The Labute approximate surface area is 279 Å². The average Bonchev–Trinajstić information content (AvgIpc) is 3.07. The van der Waals surface area contributed by atoms with E-state index in [1.807, 2.05) is 6.07 Å². The van der Waals surface area contributed by atoms with Crippen LogP contribution in [0.4, 0.5) is 5.69 Å². The number of hydrogen-bond acceptors (Lipinski definition) is 7. The number of carbonyl (C=O) groups excluding carboxylic acids is 4. The van der Waals surface area contributed by atoms with E-state index in [4.69, 9.17) is 9.94 Å². The number of amides is 3. The molecule has 3 amide bonds. The minimum Gasteiger partial charge on any atom is -0.595 e. The lowest BCUT2D eigenvalue weighted by molar-refractivity contribution is -0.991. The van der Waals surface area contributed by atoms with E-state index in [1.54, 1.807) is 24.3 Å². The maximum absolute atomic E-state index is 12.9. The maximum atomic E-state index is 12.9. The zero-order valence-corrected chi connectivity index (χ0v) is 27.9. The van der Waals surface area contributed by atoms with Crippen LogP contribution in [0.25, 0.3) is 0 Å². The van der Waals surface area contributed by atoms with Gasteiger partial charge in [-0.15, -0.1) is 0 Å². The summed E-state index contributed by atoms with van der Waals surface area (Å²) >= 11 is 0. The largest absolute Gasteiger partial charge is 0.595 e. The highest BCUT2D eigenvalue weighted by atomic mass is 16.8. The van der Waals surface area contributed by atoms with Crippen LogP contribution in [0.2, 0.25) is 0 Å². The molecule has 0 aliphatic carbocycles. The molecule has 2 atom stereocenters. The molecule has 11 nitrogen and oxygen atoms in total. The number of rotatable bonds is 25. The molecule has 0 radical (unpaired) electrons. The highest BCUT2D eigenvalue weighted by Crippen LogP contribution is 2.15. The van der Waals surface area contributed by atoms with Crippen LogP contribution in [0, 0.1) is 5.21 Å². The van der Waals surface area contributed by atoms with E-state index < -0.39 is 29.1 Å². The third-order valence-electron chi connectivity index (χ3n) is 7.87. The number of ether oxygens (including phenoxy) is 1. The molecule has 0 saturated heterocycles. The lowest BCUT2D eigenvalue weighted by Gasteiger charge is -2.18. The van der Waals surface area contributed by atoms with Gasteiger partial charge in [-0.1, -0.05) is 121 Å². The molecule has 2 aromatic rings. The van der Waals surface area contributed by atoms with Crippen molar-refractivity contribution in [3.05, 3.63) is 65.4 Å². The van der Waals surface area contributed by atoms with Crippen molar-refractivity contribution in [3.63, 3.8) is 0 Å². The van der Waals surface area contributed by atoms with Gasteiger partial charge in [0.15, 0.2) is 5.69 Å². The van der Waals surface area contributed by atoms with Crippen LogP contribution in [-0.4, -0.2) is 48.0 Å². The van der Waals surface area contributed by atoms with Gasteiger partial charge in [-0.2, -0.15) is 5.23 Å². The first-order valence-electron chi connectivity index (χ1n) is 17.2. The van der Waals surface area contributed by atoms with Gasteiger partial charge in [-0.05, 0) is 24.1 Å². The molecule has 2 rings (SSSR count). The predicted octanol–water partition coefficient (Wildman–Crippen LogP) is 4.83. The van der Waals surface area contributed by atoms with Crippen molar-refractivity contribution >= 4 is 29.4 Å². The Morgan fingerprint density at radius 2 is 1.21 bits per heavy atom. The molecular weight excluding hydrogens is 600 g/mol. The van der Waals surface area contributed by atoms with Crippen LogP contribution in [0.5, 0.6) is 5.75 Å². The molecule has 0 aliphatic rings. The molecule has 2 unspecified atom stereocenters. The number of nitrogens with one attached hydrogen (secondary N) is 4. The lowest BCUT2D eigenvalue weighted by Crippen LogP contribution is -2.99. The highest BCUT2D eigenvalue weighted by molar-refractivity contribution is 5.90. The fraction of sp³-hybridized carbons (Fsp3) is 0.556. The number of carbonyl (C=O) groups is 4. The summed E-state index contributed by atoms with van der Waals surface area (Å²) in [5.41, 5.74) is 0.821. The van der Waals surface area contributed by atoms with Crippen molar-refractivity contribution in [2.45, 2.75) is 116 Å². The van der Waals surface area contributed by atoms with Crippen LogP contribution in [0.15, 0.2) is 54.6 Å². The monoisotopic (exact) mass is 654 g/mol. The van der Waals surface area contributed by atoms with Gasteiger partial charge in [0.25, 0.3) is 0 Å². The molecule has 11 heteroatoms. The molecule has 0 spiro atoms. The summed E-state index contributed by atoms with van der Waals surface area (Å²) in [6.45, 7) is 1.61. The van der Waals surface area contributed by atoms with Crippen molar-refractivity contribution in [2.75, 3.05) is 13.1 Å². The van der Waals surface area contributed by atoms with E-state index in [1.165, 1.54) is 94.9 Å². The average molecular weight is 655 g/mol. The van der Waals surface area contributed by atoms with Gasteiger partial charge < -0.3 is 25.9 Å². The Hall–Kier alpha value is -3.80. The summed E-state index contributed by atoms with van der Waals surface area (Å²) in [4.78, 5) is 50.0. The summed E-state index contributed by atoms with van der Waals surface area (Å²) in [5, 5.41) is 26.7. The SMILES string of the molecule is CCCCCCCCCCCCCCCCC(=O)NCC(=O)NCC(=O)NC(Cc1ccccc1)C(=O)Oc1ccc([NH+]([O-])O)cc1. The normalized spacial score (nSPS) is 12.1. The smallest absolute Gasteiger partial charge is 0.334 e. The maximum Gasteiger partial charge on any atom is 0.334 e. The van der Waals surface area contributed by atoms with E-state index in [0.29, 0.717) is 6.42 Å². The first kappa shape index (κ1) is 39.4.